The zero-order valence-electron chi connectivity index (χ0n) is 11.5. The fourth-order valence-corrected chi connectivity index (χ4v) is 2.18. The van der Waals surface area contributed by atoms with Crippen LogP contribution in [0.2, 0.25) is 5.15 Å². The molecule has 1 aromatic carbocycles. The van der Waals surface area contributed by atoms with Gasteiger partial charge in [0.1, 0.15) is 0 Å². The van der Waals surface area contributed by atoms with E-state index in [4.69, 9.17) is 11.6 Å². The Hall–Kier alpha value is -1.61. The van der Waals surface area contributed by atoms with Gasteiger partial charge in [-0.15, -0.1) is 10.2 Å². The van der Waals surface area contributed by atoms with Crippen LogP contribution in [0.4, 0.5) is 5.82 Å². The molecule has 1 N–H and O–H groups in total. The van der Waals surface area contributed by atoms with Crippen LogP contribution in [0, 0.1) is 13.8 Å². The summed E-state index contributed by atoms with van der Waals surface area (Å²) in [5, 5.41) is 11.9. The lowest BCUT2D eigenvalue weighted by molar-refractivity contribution is 0.961. The number of rotatable bonds is 4. The quantitative estimate of drug-likeness (QED) is 0.919. The van der Waals surface area contributed by atoms with E-state index in [2.05, 4.69) is 46.7 Å². The number of nitrogens with zero attached hydrogens (tertiary/aromatic N) is 2. The highest BCUT2D eigenvalue weighted by molar-refractivity contribution is 6.30. The van der Waals surface area contributed by atoms with Gasteiger partial charge in [0.05, 0.1) is 0 Å². The van der Waals surface area contributed by atoms with Crippen LogP contribution in [-0.2, 0) is 13.0 Å². The van der Waals surface area contributed by atoms with Crippen LogP contribution in [0.5, 0.6) is 0 Å². The normalized spacial score (nSPS) is 10.5. The fourth-order valence-electron chi connectivity index (χ4n) is 2.00. The molecule has 2 aromatic rings. The minimum atomic E-state index is 0.469. The summed E-state index contributed by atoms with van der Waals surface area (Å²) in [6.07, 6.45) is 1.03. The summed E-state index contributed by atoms with van der Waals surface area (Å²) in [7, 11) is 0. The Morgan fingerprint density at radius 2 is 1.74 bits per heavy atom. The molecule has 19 heavy (non-hydrogen) atoms. The number of aromatic nitrogens is 2. The van der Waals surface area contributed by atoms with Crippen molar-refractivity contribution in [3.8, 4) is 0 Å². The number of halogens is 1. The fraction of sp³-hybridized carbons (Fsp3) is 0.333. The third-order valence-corrected chi connectivity index (χ3v) is 3.77. The summed E-state index contributed by atoms with van der Waals surface area (Å²) in [6.45, 7) is 6.87. The number of anilines is 1. The number of benzene rings is 1. The molecule has 1 aromatic heterocycles. The second kappa shape index (κ2) is 6.02. The number of aryl methyl sites for hydroxylation is 1. The number of nitrogens with one attached hydrogen (secondary N) is 1. The van der Waals surface area contributed by atoms with Crippen LogP contribution < -0.4 is 5.32 Å². The zero-order valence-corrected chi connectivity index (χ0v) is 12.3. The van der Waals surface area contributed by atoms with Gasteiger partial charge in [0.2, 0.25) is 0 Å². The Morgan fingerprint density at radius 3 is 2.42 bits per heavy atom. The molecule has 100 valence electrons. The van der Waals surface area contributed by atoms with Gasteiger partial charge >= 0.3 is 0 Å². The Bertz CT molecular complexity index is 582. The topological polar surface area (TPSA) is 37.8 Å². The van der Waals surface area contributed by atoms with E-state index < -0.39 is 0 Å². The monoisotopic (exact) mass is 275 g/mol. The molecular formula is C15H18ClN3. The first-order chi connectivity index (χ1) is 9.13. The third-order valence-electron chi connectivity index (χ3n) is 3.41. The van der Waals surface area contributed by atoms with Crippen molar-refractivity contribution in [3.05, 3.63) is 51.7 Å². The second-order valence-corrected chi connectivity index (χ2v) is 4.92. The van der Waals surface area contributed by atoms with Gasteiger partial charge in [-0.25, -0.2) is 0 Å². The summed E-state index contributed by atoms with van der Waals surface area (Å²) < 4.78 is 0. The van der Waals surface area contributed by atoms with Crippen molar-refractivity contribution in [2.24, 2.45) is 0 Å². The summed E-state index contributed by atoms with van der Waals surface area (Å²) in [6, 6.07) is 8.42. The SMILES string of the molecule is CCc1ccccc1CNc1nnc(Cl)c(C)c1C. The molecule has 0 atom stereocenters. The molecule has 0 saturated carbocycles. The minimum Gasteiger partial charge on any atom is -0.364 e. The summed E-state index contributed by atoms with van der Waals surface area (Å²) in [5.41, 5.74) is 4.67. The van der Waals surface area contributed by atoms with Crippen LogP contribution in [0.15, 0.2) is 24.3 Å². The van der Waals surface area contributed by atoms with E-state index in [0.717, 1.165) is 29.9 Å². The van der Waals surface area contributed by atoms with Gasteiger partial charge < -0.3 is 5.32 Å². The van der Waals surface area contributed by atoms with Crippen LogP contribution >= 0.6 is 11.6 Å². The van der Waals surface area contributed by atoms with Crippen molar-refractivity contribution in [1.29, 1.82) is 0 Å². The molecule has 0 aliphatic carbocycles. The molecule has 4 heteroatoms. The van der Waals surface area contributed by atoms with Crippen molar-refractivity contribution >= 4 is 17.4 Å². The van der Waals surface area contributed by atoms with Gasteiger partial charge in [-0.05, 0) is 42.5 Å². The molecule has 0 spiro atoms. The third kappa shape index (κ3) is 3.04. The number of hydrogen-bond donors (Lipinski definition) is 1. The summed E-state index contributed by atoms with van der Waals surface area (Å²) >= 11 is 5.95. The average Bonchev–Trinajstić information content (AvgIpc) is 2.44. The van der Waals surface area contributed by atoms with Crippen LogP contribution in [0.25, 0.3) is 0 Å². The van der Waals surface area contributed by atoms with E-state index in [1.165, 1.54) is 11.1 Å². The maximum absolute atomic E-state index is 5.95. The van der Waals surface area contributed by atoms with Crippen molar-refractivity contribution in [2.45, 2.75) is 33.7 Å². The van der Waals surface area contributed by atoms with Gasteiger partial charge in [-0.2, -0.15) is 0 Å². The second-order valence-electron chi connectivity index (χ2n) is 4.57. The molecule has 0 unspecified atom stereocenters. The molecule has 0 bridgehead atoms. The zero-order chi connectivity index (χ0) is 13.8. The first-order valence-electron chi connectivity index (χ1n) is 6.43. The lowest BCUT2D eigenvalue weighted by atomic mass is 10.1. The highest BCUT2D eigenvalue weighted by Gasteiger charge is 2.08. The van der Waals surface area contributed by atoms with Crippen LogP contribution in [-0.4, -0.2) is 10.2 Å². The van der Waals surface area contributed by atoms with Crippen molar-refractivity contribution < 1.29 is 0 Å². The molecule has 0 radical (unpaired) electrons. The highest BCUT2D eigenvalue weighted by Crippen LogP contribution is 2.21. The number of hydrogen-bond acceptors (Lipinski definition) is 3. The maximum Gasteiger partial charge on any atom is 0.155 e. The molecule has 3 nitrogen and oxygen atoms in total. The first kappa shape index (κ1) is 13.8. The smallest absolute Gasteiger partial charge is 0.155 e. The predicted octanol–water partition coefficient (Wildman–Crippen LogP) is 3.92. The van der Waals surface area contributed by atoms with Crippen LogP contribution in [0.1, 0.15) is 29.2 Å². The summed E-state index contributed by atoms with van der Waals surface area (Å²) in [4.78, 5) is 0. The largest absolute Gasteiger partial charge is 0.364 e. The van der Waals surface area contributed by atoms with Crippen LogP contribution in [0.3, 0.4) is 0 Å². The first-order valence-corrected chi connectivity index (χ1v) is 6.81. The predicted molar refractivity (Wildman–Crippen MR) is 79.7 cm³/mol. The Balaban J connectivity index is 2.17. The van der Waals surface area contributed by atoms with E-state index in [-0.39, 0.29) is 0 Å². The Kier molecular flexibility index (Phi) is 4.38. The van der Waals surface area contributed by atoms with Crippen molar-refractivity contribution in [1.82, 2.24) is 10.2 Å². The lowest BCUT2D eigenvalue weighted by Crippen LogP contribution is -2.07. The van der Waals surface area contributed by atoms with Gasteiger partial charge in [0.15, 0.2) is 11.0 Å². The molecule has 0 aliphatic heterocycles. The van der Waals surface area contributed by atoms with E-state index in [1.807, 2.05) is 13.8 Å². The van der Waals surface area contributed by atoms with Gasteiger partial charge in [-0.3, -0.25) is 0 Å². The van der Waals surface area contributed by atoms with Gasteiger partial charge in [-0.1, -0.05) is 42.8 Å². The van der Waals surface area contributed by atoms with Crippen molar-refractivity contribution in [2.75, 3.05) is 5.32 Å². The molecule has 0 amide bonds. The molecule has 2 rings (SSSR count). The van der Waals surface area contributed by atoms with E-state index in [1.54, 1.807) is 0 Å². The molecule has 0 fully saturated rings. The highest BCUT2D eigenvalue weighted by atomic mass is 35.5. The molecule has 1 heterocycles. The standard InChI is InChI=1S/C15H18ClN3/c1-4-12-7-5-6-8-13(12)9-17-15-11(3)10(2)14(16)18-19-15/h5-8H,4,9H2,1-3H3,(H,17,19). The average molecular weight is 276 g/mol. The lowest BCUT2D eigenvalue weighted by Gasteiger charge is -2.12. The molecule has 0 saturated heterocycles. The maximum atomic E-state index is 5.95. The van der Waals surface area contributed by atoms with Gasteiger partial charge in [0.25, 0.3) is 0 Å². The summed E-state index contributed by atoms with van der Waals surface area (Å²) in [5.74, 6) is 0.799. The van der Waals surface area contributed by atoms with Gasteiger partial charge in [0, 0.05) is 6.54 Å². The molecular weight excluding hydrogens is 258 g/mol. The molecule has 0 aliphatic rings. The van der Waals surface area contributed by atoms with E-state index in [0.29, 0.717) is 5.15 Å². The minimum absolute atomic E-state index is 0.469. The Labute approximate surface area is 119 Å². The van der Waals surface area contributed by atoms with Crippen molar-refractivity contribution in [3.63, 3.8) is 0 Å². The van der Waals surface area contributed by atoms with E-state index >= 15 is 0 Å². The Morgan fingerprint density at radius 1 is 1.05 bits per heavy atom. The van der Waals surface area contributed by atoms with E-state index in [9.17, 15) is 0 Å².